The average Bonchev–Trinajstić information content (AvgIpc) is 2.43. The van der Waals surface area contributed by atoms with Gasteiger partial charge >= 0.3 is 0 Å². The molecule has 106 valence electrons. The first-order chi connectivity index (χ1) is 9.23. The molecule has 1 heterocycles. The molecule has 1 saturated heterocycles. The molecule has 3 nitrogen and oxygen atoms in total. The Labute approximate surface area is 116 Å². The van der Waals surface area contributed by atoms with Gasteiger partial charge in [0.25, 0.3) is 0 Å². The number of aryl methyl sites for hydroxylation is 1. The van der Waals surface area contributed by atoms with Crippen molar-refractivity contribution in [1.82, 2.24) is 5.32 Å². The number of ether oxygens (including phenoxy) is 2. The van der Waals surface area contributed by atoms with E-state index < -0.39 is 0 Å². The van der Waals surface area contributed by atoms with Crippen LogP contribution in [0, 0.1) is 6.92 Å². The van der Waals surface area contributed by atoms with Crippen molar-refractivity contribution in [2.75, 3.05) is 26.9 Å². The first kappa shape index (κ1) is 14.5. The average molecular weight is 263 g/mol. The van der Waals surface area contributed by atoms with Crippen LogP contribution in [0.1, 0.15) is 36.9 Å². The molecule has 0 bridgehead atoms. The van der Waals surface area contributed by atoms with E-state index in [9.17, 15) is 0 Å². The predicted molar refractivity (Wildman–Crippen MR) is 77.4 cm³/mol. The van der Waals surface area contributed by atoms with E-state index in [1.807, 2.05) is 7.05 Å². The first-order valence-corrected chi connectivity index (χ1v) is 7.18. The smallest absolute Gasteiger partial charge is 0.0919 e. The van der Waals surface area contributed by atoms with E-state index >= 15 is 0 Å². The minimum Gasteiger partial charge on any atom is -0.381 e. The Hall–Kier alpha value is -0.900. The van der Waals surface area contributed by atoms with Gasteiger partial charge in [0.15, 0.2) is 0 Å². The summed E-state index contributed by atoms with van der Waals surface area (Å²) in [6.45, 7) is 6.54. The van der Waals surface area contributed by atoms with Gasteiger partial charge < -0.3 is 14.8 Å². The number of benzene rings is 1. The second-order valence-corrected chi connectivity index (χ2v) is 5.19. The lowest BCUT2D eigenvalue weighted by atomic mass is 9.80. The van der Waals surface area contributed by atoms with E-state index in [1.54, 1.807) is 0 Å². The highest BCUT2D eigenvalue weighted by Gasteiger charge is 2.41. The van der Waals surface area contributed by atoms with Crippen LogP contribution in [0.25, 0.3) is 0 Å². The minimum atomic E-state index is -0.145. The Bertz CT molecular complexity index is 394. The second-order valence-electron chi connectivity index (χ2n) is 5.19. The Balaban J connectivity index is 2.34. The van der Waals surface area contributed by atoms with Crippen molar-refractivity contribution in [2.24, 2.45) is 0 Å². The molecule has 0 aliphatic carbocycles. The van der Waals surface area contributed by atoms with Crippen LogP contribution in [0.5, 0.6) is 0 Å². The normalized spacial score (nSPS) is 20.2. The van der Waals surface area contributed by atoms with Gasteiger partial charge in [-0.15, -0.1) is 0 Å². The summed E-state index contributed by atoms with van der Waals surface area (Å²) in [4.78, 5) is 0. The second kappa shape index (κ2) is 6.51. The number of hydrogen-bond donors (Lipinski definition) is 1. The molecule has 1 aromatic carbocycles. The van der Waals surface area contributed by atoms with Crippen LogP contribution in [0.4, 0.5) is 0 Å². The molecule has 1 fully saturated rings. The van der Waals surface area contributed by atoms with Crippen molar-refractivity contribution >= 4 is 0 Å². The van der Waals surface area contributed by atoms with Gasteiger partial charge in [0.2, 0.25) is 0 Å². The standard InChI is InChI=1S/C16H25NO2/c1-4-19-16(9-11-18-12-10-16)15(17-3)14-8-6-5-7-13(14)2/h5-8,15,17H,4,9-12H2,1-3H3. The van der Waals surface area contributed by atoms with Crippen molar-refractivity contribution in [1.29, 1.82) is 0 Å². The van der Waals surface area contributed by atoms with Gasteiger partial charge in [-0.3, -0.25) is 0 Å². The Morgan fingerprint density at radius 1 is 1.32 bits per heavy atom. The molecule has 3 heteroatoms. The van der Waals surface area contributed by atoms with Gasteiger partial charge in [-0.25, -0.2) is 0 Å². The SMILES string of the molecule is CCOC1(C(NC)c2ccccc2C)CCOCC1. The van der Waals surface area contributed by atoms with Gasteiger partial charge in [0, 0.05) is 32.7 Å². The Morgan fingerprint density at radius 2 is 2.00 bits per heavy atom. The summed E-state index contributed by atoms with van der Waals surface area (Å²) in [5.74, 6) is 0. The summed E-state index contributed by atoms with van der Waals surface area (Å²) in [5, 5.41) is 3.47. The molecule has 2 rings (SSSR count). The zero-order chi connectivity index (χ0) is 13.7. The highest BCUT2D eigenvalue weighted by atomic mass is 16.5. The van der Waals surface area contributed by atoms with E-state index in [0.717, 1.165) is 32.7 Å². The molecule has 0 aromatic heterocycles. The number of rotatable bonds is 5. The molecule has 1 unspecified atom stereocenters. The summed E-state index contributed by atoms with van der Waals surface area (Å²) in [6.07, 6.45) is 1.89. The largest absolute Gasteiger partial charge is 0.381 e. The van der Waals surface area contributed by atoms with Crippen LogP contribution in [-0.2, 0) is 9.47 Å². The highest BCUT2D eigenvalue weighted by molar-refractivity contribution is 5.31. The van der Waals surface area contributed by atoms with Gasteiger partial charge in [0.1, 0.15) is 0 Å². The quantitative estimate of drug-likeness (QED) is 0.886. The van der Waals surface area contributed by atoms with Crippen LogP contribution in [-0.4, -0.2) is 32.5 Å². The molecule has 1 aromatic rings. The molecule has 19 heavy (non-hydrogen) atoms. The van der Waals surface area contributed by atoms with E-state index in [4.69, 9.17) is 9.47 Å². The van der Waals surface area contributed by atoms with Gasteiger partial charge in [-0.2, -0.15) is 0 Å². The molecule has 1 atom stereocenters. The fourth-order valence-electron chi connectivity index (χ4n) is 3.13. The molecular weight excluding hydrogens is 238 g/mol. The third-order valence-corrected chi connectivity index (χ3v) is 4.09. The maximum atomic E-state index is 6.19. The van der Waals surface area contributed by atoms with Crippen LogP contribution < -0.4 is 5.32 Å². The number of hydrogen-bond acceptors (Lipinski definition) is 3. The predicted octanol–water partition coefficient (Wildman–Crippen LogP) is 2.84. The molecule has 1 N–H and O–H groups in total. The van der Waals surface area contributed by atoms with E-state index in [-0.39, 0.29) is 11.6 Å². The lowest BCUT2D eigenvalue weighted by molar-refractivity contribution is -0.127. The van der Waals surface area contributed by atoms with Crippen LogP contribution in [0.2, 0.25) is 0 Å². The lowest BCUT2D eigenvalue weighted by Crippen LogP contribution is -2.49. The fraction of sp³-hybridized carbons (Fsp3) is 0.625. The molecule has 0 spiro atoms. The monoisotopic (exact) mass is 263 g/mol. The van der Waals surface area contributed by atoms with Crippen LogP contribution in [0.3, 0.4) is 0 Å². The summed E-state index contributed by atoms with van der Waals surface area (Å²) < 4.78 is 11.7. The first-order valence-electron chi connectivity index (χ1n) is 7.18. The molecule has 0 radical (unpaired) electrons. The van der Waals surface area contributed by atoms with Crippen molar-refractivity contribution in [2.45, 2.75) is 38.3 Å². The maximum Gasteiger partial charge on any atom is 0.0919 e. The number of likely N-dealkylation sites (N-methyl/N-ethyl adjacent to an activating group) is 1. The van der Waals surface area contributed by atoms with E-state index in [1.165, 1.54) is 11.1 Å². The highest BCUT2D eigenvalue weighted by Crippen LogP contribution is 2.38. The summed E-state index contributed by atoms with van der Waals surface area (Å²) in [5.41, 5.74) is 2.50. The zero-order valence-electron chi connectivity index (χ0n) is 12.2. The fourth-order valence-corrected chi connectivity index (χ4v) is 3.13. The summed E-state index contributed by atoms with van der Waals surface area (Å²) in [7, 11) is 2.02. The van der Waals surface area contributed by atoms with Crippen LogP contribution in [0.15, 0.2) is 24.3 Å². The van der Waals surface area contributed by atoms with Gasteiger partial charge in [-0.05, 0) is 32.0 Å². The summed E-state index contributed by atoms with van der Waals surface area (Å²) >= 11 is 0. The van der Waals surface area contributed by atoms with Crippen molar-refractivity contribution in [3.63, 3.8) is 0 Å². The van der Waals surface area contributed by atoms with Crippen molar-refractivity contribution in [3.8, 4) is 0 Å². The topological polar surface area (TPSA) is 30.5 Å². The molecule has 1 aliphatic heterocycles. The third-order valence-electron chi connectivity index (χ3n) is 4.09. The molecule has 0 saturated carbocycles. The van der Waals surface area contributed by atoms with E-state index in [2.05, 4.69) is 43.4 Å². The minimum absolute atomic E-state index is 0.145. The Kier molecular flexibility index (Phi) is 4.97. The zero-order valence-corrected chi connectivity index (χ0v) is 12.2. The molecular formula is C16H25NO2. The van der Waals surface area contributed by atoms with E-state index in [0.29, 0.717) is 0 Å². The lowest BCUT2D eigenvalue weighted by Gasteiger charge is -2.43. The molecule has 1 aliphatic rings. The number of nitrogens with one attached hydrogen (secondary N) is 1. The third kappa shape index (κ3) is 2.99. The van der Waals surface area contributed by atoms with Crippen molar-refractivity contribution < 1.29 is 9.47 Å². The maximum absolute atomic E-state index is 6.19. The van der Waals surface area contributed by atoms with Gasteiger partial charge in [-0.1, -0.05) is 24.3 Å². The Morgan fingerprint density at radius 3 is 2.58 bits per heavy atom. The van der Waals surface area contributed by atoms with Gasteiger partial charge in [0.05, 0.1) is 11.6 Å². The summed E-state index contributed by atoms with van der Waals surface area (Å²) in [6, 6.07) is 8.78. The van der Waals surface area contributed by atoms with Crippen molar-refractivity contribution in [3.05, 3.63) is 35.4 Å². The van der Waals surface area contributed by atoms with Crippen LogP contribution >= 0.6 is 0 Å². The molecule has 0 amide bonds.